The molecular formula is C15H24BrN3. The maximum absolute atomic E-state index is 4.70. The zero-order valence-electron chi connectivity index (χ0n) is 12.1. The summed E-state index contributed by atoms with van der Waals surface area (Å²) in [6, 6.07) is 3.44. The lowest BCUT2D eigenvalue weighted by Crippen LogP contribution is -2.36. The molecule has 1 aromatic rings. The zero-order chi connectivity index (χ0) is 13.8. The van der Waals surface area contributed by atoms with E-state index in [4.69, 9.17) is 4.98 Å². The maximum atomic E-state index is 4.70. The van der Waals surface area contributed by atoms with Gasteiger partial charge in [-0.15, -0.1) is 0 Å². The van der Waals surface area contributed by atoms with Gasteiger partial charge in [-0.3, -0.25) is 0 Å². The first-order valence-electron chi connectivity index (χ1n) is 7.30. The van der Waals surface area contributed by atoms with Gasteiger partial charge in [0.05, 0.1) is 0 Å². The number of rotatable bonds is 5. The van der Waals surface area contributed by atoms with Crippen LogP contribution < -0.4 is 10.2 Å². The van der Waals surface area contributed by atoms with Crippen LogP contribution in [0, 0.1) is 0 Å². The molecule has 0 amide bonds. The van der Waals surface area contributed by atoms with E-state index in [0.29, 0.717) is 12.1 Å². The number of anilines is 1. The van der Waals surface area contributed by atoms with Crippen LogP contribution in [0.2, 0.25) is 0 Å². The van der Waals surface area contributed by atoms with Crippen LogP contribution in [0.4, 0.5) is 5.82 Å². The van der Waals surface area contributed by atoms with Crippen LogP contribution in [-0.2, 0) is 6.54 Å². The van der Waals surface area contributed by atoms with Crippen LogP contribution in [0.1, 0.15) is 45.6 Å². The number of pyridine rings is 1. The van der Waals surface area contributed by atoms with E-state index < -0.39 is 0 Å². The second kappa shape index (κ2) is 6.71. The highest BCUT2D eigenvalue weighted by Crippen LogP contribution is 2.33. The summed E-state index contributed by atoms with van der Waals surface area (Å²) < 4.78 is 1.06. The molecule has 1 aromatic heterocycles. The first kappa shape index (κ1) is 14.8. The molecule has 0 aliphatic carbocycles. The van der Waals surface area contributed by atoms with Gasteiger partial charge >= 0.3 is 0 Å². The van der Waals surface area contributed by atoms with Gasteiger partial charge in [-0.1, -0.05) is 13.8 Å². The molecule has 0 radical (unpaired) electrons. The molecule has 4 heteroatoms. The second-order valence-corrected chi connectivity index (χ2v) is 6.23. The van der Waals surface area contributed by atoms with Crippen molar-refractivity contribution in [2.45, 2.75) is 58.7 Å². The molecule has 1 fully saturated rings. The third kappa shape index (κ3) is 3.29. The number of nitrogens with one attached hydrogen (secondary N) is 1. The van der Waals surface area contributed by atoms with Crippen molar-refractivity contribution in [3.63, 3.8) is 0 Å². The third-order valence-electron chi connectivity index (χ3n) is 3.98. The maximum Gasteiger partial charge on any atom is 0.133 e. The summed E-state index contributed by atoms with van der Waals surface area (Å²) in [5, 5.41) is 3.42. The Kier molecular flexibility index (Phi) is 5.22. The van der Waals surface area contributed by atoms with Crippen molar-refractivity contribution in [3.8, 4) is 0 Å². The highest BCUT2D eigenvalue weighted by Gasteiger charge is 2.31. The largest absolute Gasteiger partial charge is 0.351 e. The monoisotopic (exact) mass is 325 g/mol. The summed E-state index contributed by atoms with van der Waals surface area (Å²) >= 11 is 3.54. The van der Waals surface area contributed by atoms with Gasteiger partial charge in [0, 0.05) is 34.9 Å². The second-order valence-electron chi connectivity index (χ2n) is 5.31. The fraction of sp³-hybridized carbons (Fsp3) is 0.667. The summed E-state index contributed by atoms with van der Waals surface area (Å²) in [4.78, 5) is 7.23. The predicted molar refractivity (Wildman–Crippen MR) is 84.6 cm³/mol. The molecule has 0 aromatic carbocycles. The Hall–Kier alpha value is -0.610. The molecule has 19 heavy (non-hydrogen) atoms. The lowest BCUT2D eigenvalue weighted by atomic mass is 10.1. The Morgan fingerprint density at radius 1 is 1.42 bits per heavy atom. The van der Waals surface area contributed by atoms with Gasteiger partial charge in [-0.2, -0.15) is 0 Å². The summed E-state index contributed by atoms with van der Waals surface area (Å²) in [5.74, 6) is 1.17. The molecule has 1 N–H and O–H groups in total. The van der Waals surface area contributed by atoms with Crippen LogP contribution in [0.5, 0.6) is 0 Å². The SMILES string of the molecule is CCNCc1cc(Br)cnc1N1C(C)CCC1CC. The van der Waals surface area contributed by atoms with Gasteiger partial charge in [0.1, 0.15) is 5.82 Å². The molecule has 1 saturated heterocycles. The molecule has 3 nitrogen and oxygen atoms in total. The van der Waals surface area contributed by atoms with Gasteiger partial charge in [0.15, 0.2) is 0 Å². The minimum Gasteiger partial charge on any atom is -0.351 e. The lowest BCUT2D eigenvalue weighted by molar-refractivity contribution is 0.613. The number of hydrogen-bond donors (Lipinski definition) is 1. The van der Waals surface area contributed by atoms with Crippen LogP contribution in [-0.4, -0.2) is 23.6 Å². The molecule has 2 rings (SSSR count). The van der Waals surface area contributed by atoms with Crippen LogP contribution in [0.3, 0.4) is 0 Å². The lowest BCUT2D eigenvalue weighted by Gasteiger charge is -2.31. The molecule has 2 atom stereocenters. The minimum absolute atomic E-state index is 0.596. The first-order chi connectivity index (χ1) is 9.17. The van der Waals surface area contributed by atoms with Crippen molar-refractivity contribution in [3.05, 3.63) is 22.3 Å². The Balaban J connectivity index is 2.31. The van der Waals surface area contributed by atoms with Crippen molar-refractivity contribution in [1.82, 2.24) is 10.3 Å². The van der Waals surface area contributed by atoms with E-state index in [9.17, 15) is 0 Å². The van der Waals surface area contributed by atoms with E-state index in [0.717, 1.165) is 17.6 Å². The standard InChI is InChI=1S/C15H24BrN3/c1-4-14-7-6-11(3)19(14)15-12(9-17-5-2)8-13(16)10-18-15/h8,10-11,14,17H,4-7,9H2,1-3H3. The third-order valence-corrected chi connectivity index (χ3v) is 4.41. The van der Waals surface area contributed by atoms with Crippen molar-refractivity contribution in [2.24, 2.45) is 0 Å². The van der Waals surface area contributed by atoms with E-state index in [1.165, 1.54) is 30.6 Å². The van der Waals surface area contributed by atoms with Gasteiger partial charge < -0.3 is 10.2 Å². The number of hydrogen-bond acceptors (Lipinski definition) is 3. The average molecular weight is 326 g/mol. The molecule has 106 valence electrons. The van der Waals surface area contributed by atoms with Crippen LogP contribution in [0.25, 0.3) is 0 Å². The predicted octanol–water partition coefficient (Wildman–Crippen LogP) is 3.72. The zero-order valence-corrected chi connectivity index (χ0v) is 13.7. The topological polar surface area (TPSA) is 28.2 Å². The van der Waals surface area contributed by atoms with Crippen molar-refractivity contribution < 1.29 is 0 Å². The van der Waals surface area contributed by atoms with E-state index in [1.807, 2.05) is 6.20 Å². The molecule has 1 aliphatic heterocycles. The highest BCUT2D eigenvalue weighted by atomic mass is 79.9. The van der Waals surface area contributed by atoms with Crippen molar-refractivity contribution in [1.29, 1.82) is 0 Å². The van der Waals surface area contributed by atoms with Crippen LogP contribution in [0.15, 0.2) is 16.7 Å². The molecule has 0 saturated carbocycles. The number of halogens is 1. The molecule has 2 heterocycles. The van der Waals surface area contributed by atoms with Gasteiger partial charge in [-0.05, 0) is 54.7 Å². The van der Waals surface area contributed by atoms with E-state index >= 15 is 0 Å². The van der Waals surface area contributed by atoms with E-state index in [-0.39, 0.29) is 0 Å². The Labute approximate surface area is 124 Å². The Morgan fingerprint density at radius 2 is 2.21 bits per heavy atom. The summed E-state index contributed by atoms with van der Waals surface area (Å²) in [5.41, 5.74) is 1.29. The summed E-state index contributed by atoms with van der Waals surface area (Å²) in [6.07, 6.45) is 5.68. The van der Waals surface area contributed by atoms with Gasteiger partial charge in [0.2, 0.25) is 0 Å². The molecule has 0 spiro atoms. The minimum atomic E-state index is 0.596. The number of aromatic nitrogens is 1. The summed E-state index contributed by atoms with van der Waals surface area (Å²) in [7, 11) is 0. The van der Waals surface area contributed by atoms with Crippen molar-refractivity contribution >= 4 is 21.7 Å². The molecule has 2 unspecified atom stereocenters. The normalized spacial score (nSPS) is 23.1. The molecule has 1 aliphatic rings. The Bertz CT molecular complexity index is 422. The fourth-order valence-corrected chi connectivity index (χ4v) is 3.33. The van der Waals surface area contributed by atoms with Gasteiger partial charge in [0.25, 0.3) is 0 Å². The number of nitrogens with zero attached hydrogens (tertiary/aromatic N) is 2. The van der Waals surface area contributed by atoms with E-state index in [1.54, 1.807) is 0 Å². The van der Waals surface area contributed by atoms with Crippen molar-refractivity contribution in [2.75, 3.05) is 11.4 Å². The van der Waals surface area contributed by atoms with E-state index in [2.05, 4.69) is 53.0 Å². The smallest absolute Gasteiger partial charge is 0.133 e. The highest BCUT2D eigenvalue weighted by molar-refractivity contribution is 9.10. The molecule has 0 bridgehead atoms. The quantitative estimate of drug-likeness (QED) is 0.894. The van der Waals surface area contributed by atoms with Gasteiger partial charge in [-0.25, -0.2) is 4.98 Å². The average Bonchev–Trinajstić information content (AvgIpc) is 2.77. The fourth-order valence-electron chi connectivity index (χ4n) is 2.95. The molecular weight excluding hydrogens is 302 g/mol. The Morgan fingerprint density at radius 3 is 2.89 bits per heavy atom. The van der Waals surface area contributed by atoms with Crippen LogP contribution >= 0.6 is 15.9 Å². The summed E-state index contributed by atoms with van der Waals surface area (Å²) in [6.45, 7) is 8.60. The first-order valence-corrected chi connectivity index (χ1v) is 8.10.